The Hall–Kier alpha value is -2.03. The second-order valence-electron chi connectivity index (χ2n) is 6.58. The summed E-state index contributed by atoms with van der Waals surface area (Å²) in [5.74, 6) is -0.0178. The fourth-order valence-corrected chi connectivity index (χ4v) is 5.22. The van der Waals surface area contributed by atoms with Crippen molar-refractivity contribution in [1.29, 1.82) is 0 Å². The van der Waals surface area contributed by atoms with Crippen LogP contribution in [0.4, 0.5) is 0 Å². The molecule has 0 N–H and O–H groups in total. The number of aromatic nitrogens is 1. The second kappa shape index (κ2) is 6.94. The van der Waals surface area contributed by atoms with Gasteiger partial charge in [0.25, 0.3) is 5.91 Å². The van der Waals surface area contributed by atoms with E-state index in [-0.39, 0.29) is 16.9 Å². The second-order valence-corrected chi connectivity index (χ2v) is 8.49. The molecule has 4 rings (SSSR count). The van der Waals surface area contributed by atoms with E-state index in [2.05, 4.69) is 4.98 Å². The molecule has 1 amide bonds. The number of fused-ring (bicyclic) bond motifs is 1. The lowest BCUT2D eigenvalue weighted by atomic mass is 10.2. The van der Waals surface area contributed by atoms with E-state index < -0.39 is 10.0 Å². The number of sulfonamides is 1. The number of hydrogen-bond donors (Lipinski definition) is 0. The molecule has 1 aromatic carbocycles. The Balaban J connectivity index is 1.52. The van der Waals surface area contributed by atoms with Gasteiger partial charge in [0.15, 0.2) is 0 Å². The molecule has 2 aliphatic rings. The molecule has 0 saturated carbocycles. The minimum absolute atomic E-state index is 0.0178. The van der Waals surface area contributed by atoms with E-state index in [0.29, 0.717) is 38.2 Å². The lowest BCUT2D eigenvalue weighted by Gasteiger charge is -2.35. The minimum Gasteiger partial charge on any atom is -0.368 e. The zero-order valence-corrected chi connectivity index (χ0v) is 15.2. The van der Waals surface area contributed by atoms with Crippen LogP contribution in [-0.2, 0) is 19.6 Å². The molecule has 8 heteroatoms. The predicted molar refractivity (Wildman–Crippen MR) is 96.1 cm³/mol. The maximum absolute atomic E-state index is 13.1. The largest absolute Gasteiger partial charge is 0.368 e. The third-order valence-electron chi connectivity index (χ3n) is 5.01. The first kappa shape index (κ1) is 17.4. The monoisotopic (exact) mass is 375 g/mol. The van der Waals surface area contributed by atoms with Gasteiger partial charge in [0.2, 0.25) is 10.0 Å². The average molecular weight is 375 g/mol. The van der Waals surface area contributed by atoms with Crippen LogP contribution in [0, 0.1) is 0 Å². The highest BCUT2D eigenvalue weighted by atomic mass is 32.2. The summed E-state index contributed by atoms with van der Waals surface area (Å²) in [5, 5.41) is 1.46. The molecule has 0 spiro atoms. The number of ether oxygens (including phenoxy) is 1. The van der Waals surface area contributed by atoms with Crippen molar-refractivity contribution in [1.82, 2.24) is 14.2 Å². The van der Waals surface area contributed by atoms with Crippen molar-refractivity contribution >= 4 is 26.7 Å². The molecule has 1 atom stereocenters. The first-order valence-corrected chi connectivity index (χ1v) is 10.2. The molecule has 0 radical (unpaired) electrons. The quantitative estimate of drug-likeness (QED) is 0.807. The Labute approximate surface area is 152 Å². The normalized spacial score (nSPS) is 22.0. The number of amides is 1. The number of nitrogens with zero attached hydrogens (tertiary/aromatic N) is 3. The van der Waals surface area contributed by atoms with E-state index in [9.17, 15) is 13.2 Å². The highest BCUT2D eigenvalue weighted by molar-refractivity contribution is 7.89. The van der Waals surface area contributed by atoms with Crippen LogP contribution in [0.1, 0.15) is 12.8 Å². The third kappa shape index (κ3) is 3.08. The van der Waals surface area contributed by atoms with Gasteiger partial charge in [0.1, 0.15) is 6.10 Å². The molecule has 26 heavy (non-hydrogen) atoms. The van der Waals surface area contributed by atoms with Crippen LogP contribution < -0.4 is 0 Å². The molecule has 1 aromatic heterocycles. The van der Waals surface area contributed by atoms with Gasteiger partial charge in [-0.2, -0.15) is 4.31 Å². The summed E-state index contributed by atoms with van der Waals surface area (Å²) in [4.78, 5) is 18.5. The van der Waals surface area contributed by atoms with Crippen molar-refractivity contribution in [2.75, 3.05) is 32.8 Å². The van der Waals surface area contributed by atoms with Crippen molar-refractivity contribution in [2.24, 2.45) is 0 Å². The molecule has 2 aliphatic heterocycles. The number of rotatable bonds is 3. The predicted octanol–water partition coefficient (Wildman–Crippen LogP) is 1.25. The fourth-order valence-electron chi connectivity index (χ4n) is 3.58. The lowest BCUT2D eigenvalue weighted by Crippen LogP contribution is -2.52. The van der Waals surface area contributed by atoms with Crippen LogP contribution in [-0.4, -0.2) is 67.4 Å². The van der Waals surface area contributed by atoms with E-state index in [1.54, 1.807) is 35.5 Å². The first-order valence-electron chi connectivity index (χ1n) is 8.81. The molecular formula is C18H21N3O4S. The number of benzene rings is 1. The van der Waals surface area contributed by atoms with Gasteiger partial charge in [-0.25, -0.2) is 8.42 Å². The fraction of sp³-hybridized carbons (Fsp3) is 0.444. The van der Waals surface area contributed by atoms with E-state index in [1.165, 1.54) is 4.31 Å². The van der Waals surface area contributed by atoms with Crippen LogP contribution in [0.2, 0.25) is 0 Å². The molecule has 2 aromatic rings. The smallest absolute Gasteiger partial charge is 0.251 e. The molecule has 0 aliphatic carbocycles. The maximum atomic E-state index is 13.1. The SMILES string of the molecule is O=C(C1CCCO1)N1CCN(S(=O)(=O)c2cccc3cnccc23)CC1. The number of carbonyl (C=O) groups is 1. The van der Waals surface area contributed by atoms with E-state index in [0.717, 1.165) is 18.2 Å². The molecule has 0 bridgehead atoms. The zero-order chi connectivity index (χ0) is 18.1. The summed E-state index contributed by atoms with van der Waals surface area (Å²) in [6.07, 6.45) is 4.55. The van der Waals surface area contributed by atoms with Gasteiger partial charge in [-0.1, -0.05) is 12.1 Å². The summed E-state index contributed by atoms with van der Waals surface area (Å²) in [6, 6.07) is 6.93. The van der Waals surface area contributed by atoms with Gasteiger partial charge >= 0.3 is 0 Å². The summed E-state index contributed by atoms with van der Waals surface area (Å²) in [7, 11) is -3.62. The summed E-state index contributed by atoms with van der Waals surface area (Å²) in [6.45, 7) is 2.00. The topological polar surface area (TPSA) is 79.8 Å². The lowest BCUT2D eigenvalue weighted by molar-refractivity contribution is -0.142. The van der Waals surface area contributed by atoms with Crippen LogP contribution in [0.5, 0.6) is 0 Å². The van der Waals surface area contributed by atoms with Crippen molar-refractivity contribution < 1.29 is 17.9 Å². The minimum atomic E-state index is -3.62. The van der Waals surface area contributed by atoms with Crippen LogP contribution >= 0.6 is 0 Å². The molecule has 2 fully saturated rings. The first-order chi connectivity index (χ1) is 12.6. The summed E-state index contributed by atoms with van der Waals surface area (Å²) < 4.78 is 33.1. The van der Waals surface area contributed by atoms with Crippen molar-refractivity contribution in [2.45, 2.75) is 23.8 Å². The number of carbonyl (C=O) groups excluding carboxylic acids is 1. The Morgan fingerprint density at radius 3 is 2.69 bits per heavy atom. The van der Waals surface area contributed by atoms with E-state index >= 15 is 0 Å². The highest BCUT2D eigenvalue weighted by Crippen LogP contribution is 2.26. The van der Waals surface area contributed by atoms with Gasteiger partial charge < -0.3 is 9.64 Å². The Morgan fingerprint density at radius 1 is 1.15 bits per heavy atom. The van der Waals surface area contributed by atoms with Crippen LogP contribution in [0.25, 0.3) is 10.8 Å². The average Bonchev–Trinajstić information content (AvgIpc) is 3.22. The van der Waals surface area contributed by atoms with Crippen LogP contribution in [0.15, 0.2) is 41.6 Å². The molecule has 1 unspecified atom stereocenters. The highest BCUT2D eigenvalue weighted by Gasteiger charge is 2.34. The van der Waals surface area contributed by atoms with Crippen LogP contribution in [0.3, 0.4) is 0 Å². The van der Waals surface area contributed by atoms with E-state index in [4.69, 9.17) is 4.74 Å². The van der Waals surface area contributed by atoms with Crippen molar-refractivity contribution in [3.63, 3.8) is 0 Å². The number of piperazine rings is 1. The van der Waals surface area contributed by atoms with E-state index in [1.807, 2.05) is 6.07 Å². The summed E-state index contributed by atoms with van der Waals surface area (Å²) >= 11 is 0. The Kier molecular flexibility index (Phi) is 4.64. The molecular weight excluding hydrogens is 354 g/mol. The number of pyridine rings is 1. The van der Waals surface area contributed by atoms with Gasteiger partial charge in [-0.15, -0.1) is 0 Å². The molecule has 138 valence electrons. The van der Waals surface area contributed by atoms with Gasteiger partial charge in [0.05, 0.1) is 4.90 Å². The van der Waals surface area contributed by atoms with Gasteiger partial charge in [-0.3, -0.25) is 9.78 Å². The van der Waals surface area contributed by atoms with Gasteiger partial charge in [-0.05, 0) is 25.0 Å². The van der Waals surface area contributed by atoms with Gasteiger partial charge in [0, 0.05) is 56.0 Å². The molecule has 2 saturated heterocycles. The summed E-state index contributed by atoms with van der Waals surface area (Å²) in [5.41, 5.74) is 0. The molecule has 3 heterocycles. The number of hydrogen-bond acceptors (Lipinski definition) is 5. The van der Waals surface area contributed by atoms with Crippen molar-refractivity contribution in [3.8, 4) is 0 Å². The van der Waals surface area contributed by atoms with Crippen molar-refractivity contribution in [3.05, 3.63) is 36.7 Å². The third-order valence-corrected chi connectivity index (χ3v) is 6.97. The Bertz CT molecular complexity index is 912. The zero-order valence-electron chi connectivity index (χ0n) is 14.4. The standard InChI is InChI=1S/C18H21N3O4S/c22-18(16-4-2-12-25-16)20-8-10-21(11-9-20)26(23,24)17-5-1-3-14-13-19-7-6-15(14)17/h1,3,5-7,13,16H,2,4,8-12H2. The maximum Gasteiger partial charge on any atom is 0.251 e. The Morgan fingerprint density at radius 2 is 1.96 bits per heavy atom. The molecule has 7 nitrogen and oxygen atoms in total.